The maximum absolute atomic E-state index is 2.27. The Morgan fingerprint density at radius 1 is 0.417 bits per heavy atom. The van der Waals surface area contributed by atoms with Crippen LogP contribution in [0.4, 0.5) is 0 Å². The van der Waals surface area contributed by atoms with Crippen molar-refractivity contribution < 1.29 is 0 Å². The molecule has 0 heteroatoms. The predicted molar refractivity (Wildman–Crippen MR) is 104 cm³/mol. The van der Waals surface area contributed by atoms with Crippen molar-refractivity contribution in [2.45, 2.75) is 39.5 Å². The van der Waals surface area contributed by atoms with E-state index in [9.17, 15) is 0 Å². The summed E-state index contributed by atoms with van der Waals surface area (Å²) in [7, 11) is 0. The first-order chi connectivity index (χ1) is 11.8. The molecular formula is C24H26. The summed E-state index contributed by atoms with van der Waals surface area (Å²) in [6.07, 6.45) is 4.41. The summed E-state index contributed by atoms with van der Waals surface area (Å²) in [5.41, 5.74) is 8.24. The van der Waals surface area contributed by atoms with Crippen LogP contribution in [0.25, 0.3) is 11.1 Å². The minimum absolute atomic E-state index is 1.10. The Kier molecular flexibility index (Phi) is 5.48. The minimum atomic E-state index is 1.10. The van der Waals surface area contributed by atoms with Crippen LogP contribution in [0.5, 0.6) is 0 Å². The molecular weight excluding hydrogens is 288 g/mol. The molecule has 122 valence electrons. The lowest BCUT2D eigenvalue weighted by molar-refractivity contribution is 0.957. The smallest absolute Gasteiger partial charge is 0.0184 e. The van der Waals surface area contributed by atoms with Crippen LogP contribution in [-0.2, 0) is 25.7 Å². The molecule has 0 amide bonds. The SMILES string of the molecule is CCc1ccc(CCc2ccc(-c3ccc(CC)cc3)cc2)cc1. The van der Waals surface area contributed by atoms with Crippen molar-refractivity contribution >= 4 is 0 Å². The molecule has 3 aromatic carbocycles. The zero-order valence-electron chi connectivity index (χ0n) is 14.8. The van der Waals surface area contributed by atoms with Crippen LogP contribution in [0.1, 0.15) is 36.1 Å². The van der Waals surface area contributed by atoms with Gasteiger partial charge in [0.1, 0.15) is 0 Å². The highest BCUT2D eigenvalue weighted by Gasteiger charge is 2.00. The predicted octanol–water partition coefficient (Wildman–Crippen LogP) is 6.26. The molecule has 3 rings (SSSR count). The molecule has 0 radical (unpaired) electrons. The second-order valence-corrected chi connectivity index (χ2v) is 6.42. The minimum Gasteiger partial charge on any atom is -0.0613 e. The molecule has 0 spiro atoms. The fourth-order valence-corrected chi connectivity index (χ4v) is 3.03. The third-order valence-electron chi connectivity index (χ3n) is 4.78. The lowest BCUT2D eigenvalue weighted by Gasteiger charge is -2.06. The Hall–Kier alpha value is -2.34. The molecule has 0 N–H and O–H groups in total. The maximum Gasteiger partial charge on any atom is -0.0184 e. The molecule has 0 saturated carbocycles. The molecule has 3 aromatic rings. The topological polar surface area (TPSA) is 0 Å². The third kappa shape index (κ3) is 4.14. The van der Waals surface area contributed by atoms with E-state index in [1.54, 1.807) is 0 Å². The molecule has 0 aliphatic carbocycles. The van der Waals surface area contributed by atoms with E-state index >= 15 is 0 Å². The van der Waals surface area contributed by atoms with Crippen LogP contribution in [0.15, 0.2) is 72.8 Å². The molecule has 0 aliphatic heterocycles. The van der Waals surface area contributed by atoms with Gasteiger partial charge in [-0.1, -0.05) is 86.6 Å². The van der Waals surface area contributed by atoms with Gasteiger partial charge in [-0.2, -0.15) is 0 Å². The fraction of sp³-hybridized carbons (Fsp3) is 0.250. The maximum atomic E-state index is 2.27. The summed E-state index contributed by atoms with van der Waals surface area (Å²) in [6, 6.07) is 27.0. The van der Waals surface area contributed by atoms with Crippen LogP contribution in [0, 0.1) is 0 Å². The van der Waals surface area contributed by atoms with Gasteiger partial charge < -0.3 is 0 Å². The van der Waals surface area contributed by atoms with Crippen LogP contribution < -0.4 is 0 Å². The van der Waals surface area contributed by atoms with Crippen molar-refractivity contribution in [3.63, 3.8) is 0 Å². The first-order valence-electron chi connectivity index (χ1n) is 9.04. The summed E-state index contributed by atoms with van der Waals surface area (Å²) >= 11 is 0. The van der Waals surface area contributed by atoms with Gasteiger partial charge in [0.05, 0.1) is 0 Å². The standard InChI is InChI=1S/C24H26/c1-3-19-5-7-21(8-6-19)9-10-22-13-17-24(18-14-22)23-15-11-20(4-2)12-16-23/h5-8,11-18H,3-4,9-10H2,1-2H3. The highest BCUT2D eigenvalue weighted by molar-refractivity contribution is 5.64. The van der Waals surface area contributed by atoms with E-state index in [1.165, 1.54) is 33.4 Å². The van der Waals surface area contributed by atoms with Crippen molar-refractivity contribution in [1.29, 1.82) is 0 Å². The Balaban J connectivity index is 1.63. The second kappa shape index (κ2) is 7.97. The summed E-state index contributed by atoms with van der Waals surface area (Å²) < 4.78 is 0. The molecule has 0 atom stereocenters. The van der Waals surface area contributed by atoms with Crippen LogP contribution in [0.3, 0.4) is 0 Å². The first-order valence-corrected chi connectivity index (χ1v) is 9.04. The molecule has 0 fully saturated rings. The summed E-state index contributed by atoms with van der Waals surface area (Å²) in [6.45, 7) is 4.39. The van der Waals surface area contributed by atoms with Crippen molar-refractivity contribution in [3.05, 3.63) is 95.1 Å². The van der Waals surface area contributed by atoms with Gasteiger partial charge in [0.15, 0.2) is 0 Å². The quantitative estimate of drug-likeness (QED) is 0.503. The van der Waals surface area contributed by atoms with Crippen molar-refractivity contribution in [2.75, 3.05) is 0 Å². The highest BCUT2D eigenvalue weighted by atomic mass is 14.1. The molecule has 24 heavy (non-hydrogen) atoms. The lowest BCUT2D eigenvalue weighted by Crippen LogP contribution is -1.92. The van der Waals surface area contributed by atoms with Crippen LogP contribution >= 0.6 is 0 Å². The second-order valence-electron chi connectivity index (χ2n) is 6.42. The molecule has 0 nitrogen and oxygen atoms in total. The number of benzene rings is 3. The average molecular weight is 314 g/mol. The number of rotatable bonds is 6. The molecule has 0 bridgehead atoms. The summed E-state index contributed by atoms with van der Waals surface area (Å²) in [5.74, 6) is 0. The molecule has 0 aromatic heterocycles. The van der Waals surface area contributed by atoms with E-state index in [1.807, 2.05) is 0 Å². The zero-order valence-corrected chi connectivity index (χ0v) is 14.8. The Morgan fingerprint density at radius 3 is 1.08 bits per heavy atom. The van der Waals surface area contributed by atoms with E-state index in [0.717, 1.165) is 25.7 Å². The molecule has 0 aliphatic rings. The number of hydrogen-bond acceptors (Lipinski definition) is 0. The average Bonchev–Trinajstić information content (AvgIpc) is 2.67. The normalized spacial score (nSPS) is 10.8. The van der Waals surface area contributed by atoms with Crippen molar-refractivity contribution in [3.8, 4) is 11.1 Å². The number of hydrogen-bond donors (Lipinski definition) is 0. The van der Waals surface area contributed by atoms with Crippen LogP contribution in [-0.4, -0.2) is 0 Å². The lowest BCUT2D eigenvalue weighted by atomic mass is 9.99. The largest absolute Gasteiger partial charge is 0.0613 e. The zero-order chi connectivity index (χ0) is 16.8. The fourth-order valence-electron chi connectivity index (χ4n) is 3.03. The monoisotopic (exact) mass is 314 g/mol. The molecule has 0 saturated heterocycles. The van der Waals surface area contributed by atoms with Crippen molar-refractivity contribution in [2.24, 2.45) is 0 Å². The van der Waals surface area contributed by atoms with Gasteiger partial charge in [-0.15, -0.1) is 0 Å². The number of aryl methyl sites for hydroxylation is 4. The highest BCUT2D eigenvalue weighted by Crippen LogP contribution is 2.21. The van der Waals surface area contributed by atoms with Gasteiger partial charge in [-0.25, -0.2) is 0 Å². The van der Waals surface area contributed by atoms with Gasteiger partial charge >= 0.3 is 0 Å². The summed E-state index contributed by atoms with van der Waals surface area (Å²) in [5, 5.41) is 0. The van der Waals surface area contributed by atoms with Gasteiger partial charge in [0.2, 0.25) is 0 Å². The molecule has 0 unspecified atom stereocenters. The summed E-state index contributed by atoms with van der Waals surface area (Å²) in [4.78, 5) is 0. The Labute approximate surface area is 146 Å². The van der Waals surface area contributed by atoms with Crippen molar-refractivity contribution in [1.82, 2.24) is 0 Å². The first kappa shape index (κ1) is 16.5. The molecule has 0 heterocycles. The van der Waals surface area contributed by atoms with Gasteiger partial charge in [-0.3, -0.25) is 0 Å². The Bertz CT molecular complexity index is 747. The third-order valence-corrected chi connectivity index (χ3v) is 4.78. The van der Waals surface area contributed by atoms with E-state index < -0.39 is 0 Å². The van der Waals surface area contributed by atoms with Crippen LogP contribution in [0.2, 0.25) is 0 Å². The van der Waals surface area contributed by atoms with Gasteiger partial charge in [0, 0.05) is 0 Å². The van der Waals surface area contributed by atoms with E-state index in [2.05, 4.69) is 86.6 Å². The van der Waals surface area contributed by atoms with E-state index in [4.69, 9.17) is 0 Å². The van der Waals surface area contributed by atoms with Gasteiger partial charge in [-0.05, 0) is 59.1 Å². The van der Waals surface area contributed by atoms with Gasteiger partial charge in [0.25, 0.3) is 0 Å². The Morgan fingerprint density at radius 2 is 0.708 bits per heavy atom. The van der Waals surface area contributed by atoms with E-state index in [-0.39, 0.29) is 0 Å². The van der Waals surface area contributed by atoms with E-state index in [0.29, 0.717) is 0 Å².